The molecule has 60 heavy (non-hydrogen) atoms. The number of carbonyl (C=O) groups is 4. The Morgan fingerprint density at radius 2 is 1.25 bits per heavy atom. The second-order valence-electron chi connectivity index (χ2n) is 15.3. The van der Waals surface area contributed by atoms with Crippen LogP contribution in [0, 0.1) is 12.7 Å². The lowest BCUT2D eigenvalue weighted by Crippen LogP contribution is -2.50. The summed E-state index contributed by atoms with van der Waals surface area (Å²) in [6.45, 7) is 5.89. The van der Waals surface area contributed by atoms with Crippen molar-refractivity contribution in [3.8, 4) is 17.2 Å². The molecule has 2 saturated heterocycles. The third-order valence-corrected chi connectivity index (χ3v) is 11.5. The average molecular weight is 823 g/mol. The number of anilines is 2. The molecule has 14 heteroatoms. The number of likely N-dealkylation sites (tertiary alicyclic amines) is 2. The van der Waals surface area contributed by atoms with Gasteiger partial charge in [0.15, 0.2) is 0 Å². The number of benzene rings is 4. The third kappa shape index (κ3) is 10.8. The van der Waals surface area contributed by atoms with E-state index >= 15 is 0 Å². The zero-order chi connectivity index (χ0) is 42.8. The summed E-state index contributed by atoms with van der Waals surface area (Å²) in [6.07, 6.45) is 2.32. The van der Waals surface area contributed by atoms with Crippen molar-refractivity contribution in [3.63, 3.8) is 0 Å². The first-order valence-corrected chi connectivity index (χ1v) is 20.3. The van der Waals surface area contributed by atoms with E-state index in [2.05, 4.69) is 10.6 Å². The number of carbonyl (C=O) groups excluding carboxylic acids is 4. The smallest absolute Gasteiger partial charge is 0.322 e. The lowest BCUT2D eigenvalue weighted by molar-refractivity contribution is -0.132. The highest BCUT2D eigenvalue weighted by molar-refractivity contribution is 5.92. The van der Waals surface area contributed by atoms with Gasteiger partial charge in [-0.1, -0.05) is 36.4 Å². The summed E-state index contributed by atoms with van der Waals surface area (Å²) in [4.78, 5) is 61.4. The standard InChI is InChI=1S/C46H55FN6O7/c1-31-10-17-43(60-5)42(26-31)49-46(57)53(37-18-22-50(23-19-37)32(2)54)30-34-13-16-39(59-4)27-35(34)28-44(55)51-24-20-36(21-25-51)52(29-33-11-14-38(58-3)15-12-33)45(56)48-41-9-7-6-8-40(41)47/h6-17,26-27,36-37H,18-25,28-30H2,1-5H3,(H,48,56)(H,49,57). The molecular weight excluding hydrogens is 768 g/mol. The number of nitrogens with one attached hydrogen (secondary N) is 2. The minimum atomic E-state index is -0.527. The number of hydrogen-bond acceptors (Lipinski definition) is 7. The van der Waals surface area contributed by atoms with Crippen LogP contribution in [0.15, 0.2) is 84.9 Å². The number of piperidine rings is 2. The van der Waals surface area contributed by atoms with E-state index in [-0.39, 0.29) is 55.1 Å². The molecule has 318 valence electrons. The Balaban J connectivity index is 1.18. The van der Waals surface area contributed by atoms with Crippen LogP contribution in [0.5, 0.6) is 17.2 Å². The first-order chi connectivity index (χ1) is 29.0. The molecule has 13 nitrogen and oxygen atoms in total. The maximum atomic E-state index is 14.6. The molecule has 0 atom stereocenters. The number of methoxy groups -OCH3 is 3. The molecule has 2 heterocycles. The Kier molecular flexibility index (Phi) is 14.5. The molecule has 0 unspecified atom stereocenters. The van der Waals surface area contributed by atoms with Crippen LogP contribution >= 0.6 is 0 Å². The van der Waals surface area contributed by atoms with Gasteiger partial charge in [0.25, 0.3) is 0 Å². The molecule has 2 N–H and O–H groups in total. The van der Waals surface area contributed by atoms with E-state index in [1.54, 1.807) is 55.1 Å². The van der Waals surface area contributed by atoms with Crippen molar-refractivity contribution in [1.29, 1.82) is 0 Å². The van der Waals surface area contributed by atoms with Gasteiger partial charge in [0.1, 0.15) is 23.1 Å². The molecule has 0 bridgehead atoms. The van der Waals surface area contributed by atoms with Gasteiger partial charge in [-0.3, -0.25) is 9.59 Å². The van der Waals surface area contributed by atoms with Gasteiger partial charge < -0.3 is 44.4 Å². The predicted octanol–water partition coefficient (Wildman–Crippen LogP) is 7.47. The van der Waals surface area contributed by atoms with Gasteiger partial charge in [0.05, 0.1) is 39.1 Å². The number of hydrogen-bond donors (Lipinski definition) is 2. The maximum Gasteiger partial charge on any atom is 0.322 e. The van der Waals surface area contributed by atoms with Gasteiger partial charge in [0, 0.05) is 58.3 Å². The summed E-state index contributed by atoms with van der Waals surface area (Å²) in [5.41, 5.74) is 4.02. The zero-order valence-corrected chi connectivity index (χ0v) is 35.0. The van der Waals surface area contributed by atoms with Crippen LogP contribution in [0.4, 0.5) is 25.4 Å². The topological polar surface area (TPSA) is 133 Å². The summed E-state index contributed by atoms with van der Waals surface area (Å²) in [7, 11) is 4.72. The van der Waals surface area contributed by atoms with Crippen LogP contribution in [0.2, 0.25) is 0 Å². The van der Waals surface area contributed by atoms with Crippen molar-refractivity contribution in [2.24, 2.45) is 0 Å². The molecule has 0 spiro atoms. The van der Waals surface area contributed by atoms with Crippen LogP contribution in [-0.4, -0.2) is 103 Å². The van der Waals surface area contributed by atoms with Gasteiger partial charge >= 0.3 is 12.1 Å². The lowest BCUT2D eigenvalue weighted by atomic mass is 9.98. The van der Waals surface area contributed by atoms with Gasteiger partial charge in [0.2, 0.25) is 11.8 Å². The van der Waals surface area contributed by atoms with E-state index in [4.69, 9.17) is 14.2 Å². The second-order valence-corrected chi connectivity index (χ2v) is 15.3. The molecule has 0 radical (unpaired) electrons. The predicted molar refractivity (Wildman–Crippen MR) is 228 cm³/mol. The second kappa shape index (κ2) is 20.1. The van der Waals surface area contributed by atoms with E-state index < -0.39 is 11.8 Å². The highest BCUT2D eigenvalue weighted by Gasteiger charge is 2.33. The number of ether oxygens (including phenoxy) is 3. The number of nitrogens with zero attached hydrogens (tertiary/aromatic N) is 4. The van der Waals surface area contributed by atoms with Gasteiger partial charge in [-0.05, 0) is 103 Å². The summed E-state index contributed by atoms with van der Waals surface area (Å²) in [6, 6.07) is 23.6. The summed E-state index contributed by atoms with van der Waals surface area (Å²) >= 11 is 0. The highest BCUT2D eigenvalue weighted by Crippen LogP contribution is 2.30. The summed E-state index contributed by atoms with van der Waals surface area (Å²) in [5.74, 6) is 1.21. The molecule has 0 saturated carbocycles. The van der Waals surface area contributed by atoms with E-state index in [0.29, 0.717) is 74.8 Å². The maximum absolute atomic E-state index is 14.6. The van der Waals surface area contributed by atoms with Gasteiger partial charge in [-0.25, -0.2) is 14.0 Å². The van der Waals surface area contributed by atoms with Crippen LogP contribution in [0.3, 0.4) is 0 Å². The Morgan fingerprint density at radius 1 is 0.667 bits per heavy atom. The monoisotopic (exact) mass is 822 g/mol. The number of para-hydroxylation sites is 1. The van der Waals surface area contributed by atoms with E-state index in [9.17, 15) is 23.6 Å². The molecule has 2 fully saturated rings. The van der Waals surface area contributed by atoms with Crippen molar-refractivity contribution in [2.45, 2.75) is 71.1 Å². The molecule has 6 amide bonds. The fraction of sp³-hybridized carbons (Fsp3) is 0.391. The molecule has 4 aromatic carbocycles. The number of amides is 6. The van der Waals surface area contributed by atoms with E-state index in [1.807, 2.05) is 72.5 Å². The van der Waals surface area contributed by atoms with Crippen molar-refractivity contribution in [3.05, 3.63) is 113 Å². The molecule has 2 aliphatic rings. The normalized spacial score (nSPS) is 14.6. The van der Waals surface area contributed by atoms with E-state index in [1.165, 1.54) is 12.1 Å². The Hall–Kier alpha value is -6.31. The summed E-state index contributed by atoms with van der Waals surface area (Å²) < 4.78 is 31.0. The third-order valence-electron chi connectivity index (χ3n) is 11.5. The van der Waals surface area contributed by atoms with E-state index in [0.717, 1.165) is 22.3 Å². The first-order valence-electron chi connectivity index (χ1n) is 20.3. The van der Waals surface area contributed by atoms with Gasteiger partial charge in [-0.2, -0.15) is 0 Å². The van der Waals surface area contributed by atoms with Crippen LogP contribution < -0.4 is 24.8 Å². The number of rotatable bonds is 13. The van der Waals surface area contributed by atoms with Crippen LogP contribution in [0.25, 0.3) is 0 Å². The number of aryl methyl sites for hydroxylation is 1. The quantitative estimate of drug-likeness (QED) is 0.143. The molecule has 0 aliphatic carbocycles. The summed E-state index contributed by atoms with van der Waals surface area (Å²) in [5, 5.41) is 5.82. The molecule has 0 aromatic heterocycles. The SMILES string of the molecule is COc1ccc(CN(C(=O)Nc2ccccc2F)C2CCN(C(=O)Cc3cc(OC)ccc3CN(C(=O)Nc3cc(C)ccc3OC)C3CCN(C(C)=O)CC3)CC2)cc1. The Bertz CT molecular complexity index is 2130. The molecule has 4 aromatic rings. The first kappa shape index (κ1) is 43.3. The van der Waals surface area contributed by atoms with Crippen molar-refractivity contribution in [2.75, 3.05) is 58.1 Å². The average Bonchev–Trinajstić information content (AvgIpc) is 3.26. The molecule has 2 aliphatic heterocycles. The minimum Gasteiger partial charge on any atom is -0.497 e. The van der Waals surface area contributed by atoms with Crippen LogP contribution in [-0.2, 0) is 29.1 Å². The van der Waals surface area contributed by atoms with Crippen molar-refractivity contribution < 1.29 is 37.8 Å². The highest BCUT2D eigenvalue weighted by atomic mass is 19.1. The lowest BCUT2D eigenvalue weighted by Gasteiger charge is -2.39. The Morgan fingerprint density at radius 3 is 1.85 bits per heavy atom. The zero-order valence-electron chi connectivity index (χ0n) is 35.0. The van der Waals surface area contributed by atoms with Gasteiger partial charge in [-0.15, -0.1) is 0 Å². The van der Waals surface area contributed by atoms with Crippen molar-refractivity contribution in [1.82, 2.24) is 19.6 Å². The fourth-order valence-electron chi connectivity index (χ4n) is 7.94. The minimum absolute atomic E-state index is 0.00437. The van der Waals surface area contributed by atoms with Crippen molar-refractivity contribution >= 4 is 35.3 Å². The number of urea groups is 2. The fourth-order valence-corrected chi connectivity index (χ4v) is 7.94. The van der Waals surface area contributed by atoms with Crippen LogP contribution in [0.1, 0.15) is 54.9 Å². The molecular formula is C46H55FN6O7. The molecule has 6 rings (SSSR count). The number of halogens is 1. The largest absolute Gasteiger partial charge is 0.497 e. The Labute approximate surface area is 351 Å².